The third kappa shape index (κ3) is 4.57. The molecule has 1 N–H and O–H groups in total. The summed E-state index contributed by atoms with van der Waals surface area (Å²) >= 11 is 0. The van der Waals surface area contributed by atoms with Crippen LogP contribution in [0.3, 0.4) is 0 Å². The summed E-state index contributed by atoms with van der Waals surface area (Å²) < 4.78 is 5.63. The zero-order chi connectivity index (χ0) is 15.0. The van der Waals surface area contributed by atoms with E-state index in [1.54, 1.807) is 12.1 Å². The lowest BCUT2D eigenvalue weighted by molar-refractivity contribution is 0.0692. The molecular weight excluding hydrogens is 252 g/mol. The van der Waals surface area contributed by atoms with E-state index < -0.39 is 5.97 Å². The lowest BCUT2D eigenvalue weighted by atomic mass is 10.0. The minimum absolute atomic E-state index is 0.218. The number of aromatic carboxylic acids is 1. The van der Waals surface area contributed by atoms with Crippen LogP contribution in [-0.2, 0) is 0 Å². The Morgan fingerprint density at radius 3 is 2.55 bits per heavy atom. The molecule has 0 unspecified atom stereocenters. The van der Waals surface area contributed by atoms with Gasteiger partial charge in [-0.2, -0.15) is 0 Å². The highest BCUT2D eigenvalue weighted by Gasteiger charge is 2.14. The molecule has 3 nitrogen and oxygen atoms in total. The van der Waals surface area contributed by atoms with Crippen molar-refractivity contribution < 1.29 is 14.6 Å². The second kappa shape index (κ2) is 8.20. The van der Waals surface area contributed by atoms with Crippen LogP contribution in [0.2, 0.25) is 0 Å². The second-order valence-corrected chi connectivity index (χ2v) is 4.62. The molecule has 20 heavy (non-hydrogen) atoms. The van der Waals surface area contributed by atoms with Gasteiger partial charge in [-0.1, -0.05) is 30.4 Å². The van der Waals surface area contributed by atoms with Gasteiger partial charge in [0, 0.05) is 0 Å². The van der Waals surface area contributed by atoms with Crippen molar-refractivity contribution in [3.05, 3.63) is 53.1 Å². The monoisotopic (exact) mass is 274 g/mol. The van der Waals surface area contributed by atoms with E-state index in [4.69, 9.17) is 4.74 Å². The van der Waals surface area contributed by atoms with Gasteiger partial charge in [0.25, 0.3) is 0 Å². The number of aryl methyl sites for hydroxylation is 1. The van der Waals surface area contributed by atoms with Gasteiger partial charge in [0.05, 0.1) is 0 Å². The number of carboxylic acids is 1. The maximum atomic E-state index is 11.2. The Morgan fingerprint density at radius 2 is 1.90 bits per heavy atom. The third-order valence-electron chi connectivity index (χ3n) is 3.13. The van der Waals surface area contributed by atoms with Crippen LogP contribution in [0.4, 0.5) is 0 Å². The smallest absolute Gasteiger partial charge is 0.339 e. The predicted octanol–water partition coefficient (Wildman–Crippen LogP) is 4.29. The Balaban J connectivity index is 2.67. The molecule has 0 saturated carbocycles. The van der Waals surface area contributed by atoms with E-state index >= 15 is 0 Å². The van der Waals surface area contributed by atoms with E-state index in [-0.39, 0.29) is 5.56 Å². The molecule has 3 heteroatoms. The summed E-state index contributed by atoms with van der Waals surface area (Å²) in [5.41, 5.74) is 2.13. The van der Waals surface area contributed by atoms with E-state index in [0.29, 0.717) is 12.4 Å². The lowest BCUT2D eigenvalue weighted by Crippen LogP contribution is -2.05. The maximum Gasteiger partial charge on any atom is 0.339 e. The SMILES string of the molecule is CC=CCCC=CCOc1c(C(=O)O)ccc(C)c1C. The molecule has 0 aromatic heterocycles. The maximum absolute atomic E-state index is 11.2. The van der Waals surface area contributed by atoms with Gasteiger partial charge in [0.1, 0.15) is 17.9 Å². The summed E-state index contributed by atoms with van der Waals surface area (Å²) in [6, 6.07) is 3.40. The van der Waals surface area contributed by atoms with Crippen molar-refractivity contribution >= 4 is 5.97 Å². The quantitative estimate of drug-likeness (QED) is 0.596. The minimum atomic E-state index is -0.958. The first-order chi connectivity index (χ1) is 9.57. The van der Waals surface area contributed by atoms with E-state index in [0.717, 1.165) is 24.0 Å². The third-order valence-corrected chi connectivity index (χ3v) is 3.13. The van der Waals surface area contributed by atoms with E-state index in [1.165, 1.54) is 0 Å². The molecule has 0 heterocycles. The summed E-state index contributed by atoms with van der Waals surface area (Å²) in [5, 5.41) is 9.18. The van der Waals surface area contributed by atoms with Crippen molar-refractivity contribution in [1.82, 2.24) is 0 Å². The molecule has 0 radical (unpaired) electrons. The highest BCUT2D eigenvalue weighted by atomic mass is 16.5. The standard InChI is InChI=1S/C17H22O3/c1-4-5-6-7-8-9-12-20-16-14(3)13(2)10-11-15(16)17(18)19/h4-5,8-11H,6-7,12H2,1-3H3,(H,18,19). The van der Waals surface area contributed by atoms with Crippen molar-refractivity contribution in [1.29, 1.82) is 0 Å². The van der Waals surface area contributed by atoms with Gasteiger partial charge in [0.2, 0.25) is 0 Å². The number of carboxylic acid groups (broad SMARTS) is 1. The Morgan fingerprint density at radius 1 is 1.20 bits per heavy atom. The van der Waals surface area contributed by atoms with Crippen LogP contribution in [0.5, 0.6) is 5.75 Å². The van der Waals surface area contributed by atoms with Crippen LogP contribution in [0.25, 0.3) is 0 Å². The number of hydrogen-bond acceptors (Lipinski definition) is 2. The average molecular weight is 274 g/mol. The van der Waals surface area contributed by atoms with Gasteiger partial charge >= 0.3 is 5.97 Å². The Bertz CT molecular complexity index is 513. The van der Waals surface area contributed by atoms with Crippen molar-refractivity contribution in [3.63, 3.8) is 0 Å². The Kier molecular flexibility index (Phi) is 6.57. The fourth-order valence-electron chi connectivity index (χ4n) is 1.82. The van der Waals surface area contributed by atoms with Gasteiger partial charge in [-0.05, 0) is 50.8 Å². The van der Waals surface area contributed by atoms with Crippen LogP contribution in [0.15, 0.2) is 36.4 Å². The minimum Gasteiger partial charge on any atom is -0.488 e. The van der Waals surface area contributed by atoms with Gasteiger partial charge in [-0.25, -0.2) is 4.79 Å². The highest BCUT2D eigenvalue weighted by Crippen LogP contribution is 2.26. The first-order valence-electron chi connectivity index (χ1n) is 6.80. The Hall–Kier alpha value is -2.03. The van der Waals surface area contributed by atoms with Crippen LogP contribution < -0.4 is 4.74 Å². The van der Waals surface area contributed by atoms with Crippen LogP contribution in [0.1, 0.15) is 41.3 Å². The molecular formula is C17H22O3. The fraction of sp³-hybridized carbons (Fsp3) is 0.353. The molecule has 0 spiro atoms. The summed E-state index contributed by atoms with van der Waals surface area (Å²) in [4.78, 5) is 11.2. The number of rotatable bonds is 7. The Labute approximate surface area is 120 Å². The molecule has 0 bridgehead atoms. The van der Waals surface area contributed by atoms with Crippen LogP contribution in [-0.4, -0.2) is 17.7 Å². The summed E-state index contributed by atoms with van der Waals surface area (Å²) in [6.07, 6.45) is 10.1. The molecule has 0 aliphatic heterocycles. The number of carbonyl (C=O) groups is 1. The fourth-order valence-corrected chi connectivity index (χ4v) is 1.82. The van der Waals surface area contributed by atoms with Crippen molar-refractivity contribution in [2.75, 3.05) is 6.61 Å². The molecule has 0 aliphatic carbocycles. The van der Waals surface area contributed by atoms with Crippen molar-refractivity contribution in [2.24, 2.45) is 0 Å². The molecule has 1 aromatic rings. The largest absolute Gasteiger partial charge is 0.488 e. The van der Waals surface area contributed by atoms with Crippen molar-refractivity contribution in [2.45, 2.75) is 33.6 Å². The number of ether oxygens (including phenoxy) is 1. The molecule has 1 rings (SSSR count). The van der Waals surface area contributed by atoms with E-state index in [1.807, 2.05) is 39.0 Å². The number of benzene rings is 1. The number of allylic oxidation sites excluding steroid dienone is 3. The number of unbranched alkanes of at least 4 members (excludes halogenated alkanes) is 1. The van der Waals surface area contributed by atoms with Crippen LogP contribution >= 0.6 is 0 Å². The van der Waals surface area contributed by atoms with Crippen LogP contribution in [0, 0.1) is 13.8 Å². The summed E-state index contributed by atoms with van der Waals surface area (Å²) in [7, 11) is 0. The zero-order valence-corrected chi connectivity index (χ0v) is 12.3. The van der Waals surface area contributed by atoms with Gasteiger partial charge in [-0.15, -0.1) is 0 Å². The van der Waals surface area contributed by atoms with Gasteiger partial charge in [0.15, 0.2) is 0 Å². The highest BCUT2D eigenvalue weighted by molar-refractivity contribution is 5.91. The summed E-state index contributed by atoms with van der Waals surface area (Å²) in [6.45, 7) is 6.22. The van der Waals surface area contributed by atoms with E-state index in [2.05, 4.69) is 6.08 Å². The molecule has 0 saturated heterocycles. The van der Waals surface area contributed by atoms with Crippen molar-refractivity contribution in [3.8, 4) is 5.75 Å². The molecule has 0 fully saturated rings. The molecule has 0 atom stereocenters. The molecule has 1 aromatic carbocycles. The lowest BCUT2D eigenvalue weighted by Gasteiger charge is -2.12. The topological polar surface area (TPSA) is 46.5 Å². The predicted molar refractivity (Wildman–Crippen MR) is 81.6 cm³/mol. The normalized spacial score (nSPS) is 11.3. The number of hydrogen-bond donors (Lipinski definition) is 1. The van der Waals surface area contributed by atoms with Gasteiger partial charge < -0.3 is 9.84 Å². The summed E-state index contributed by atoms with van der Waals surface area (Å²) in [5.74, 6) is -0.490. The molecule has 0 aliphatic rings. The van der Waals surface area contributed by atoms with E-state index in [9.17, 15) is 9.90 Å². The zero-order valence-electron chi connectivity index (χ0n) is 12.3. The molecule has 108 valence electrons. The first kappa shape index (κ1) is 16.0. The molecule has 0 amide bonds. The van der Waals surface area contributed by atoms with Gasteiger partial charge in [-0.3, -0.25) is 0 Å². The first-order valence-corrected chi connectivity index (χ1v) is 6.80. The second-order valence-electron chi connectivity index (χ2n) is 4.62. The average Bonchev–Trinajstić information content (AvgIpc) is 2.42.